The zero-order valence-corrected chi connectivity index (χ0v) is 11.7. The van der Waals surface area contributed by atoms with E-state index >= 15 is 0 Å². The molecule has 1 N–H and O–H groups in total. The topological polar surface area (TPSA) is 44.8 Å². The molecule has 5 nitrogen and oxygen atoms in total. The summed E-state index contributed by atoms with van der Waals surface area (Å²) >= 11 is 0. The van der Waals surface area contributed by atoms with E-state index in [0.29, 0.717) is 13.2 Å². The van der Waals surface area contributed by atoms with E-state index < -0.39 is 0 Å². The second-order valence-corrected chi connectivity index (χ2v) is 3.79. The lowest BCUT2D eigenvalue weighted by Crippen LogP contribution is -2.46. The highest BCUT2D eigenvalue weighted by atomic mass is 16.5. The molecule has 1 aliphatic rings. The molecule has 0 spiro atoms. The van der Waals surface area contributed by atoms with Crippen LogP contribution in [-0.4, -0.2) is 68.8 Å². The van der Waals surface area contributed by atoms with Crippen LogP contribution in [0.3, 0.4) is 0 Å². The van der Waals surface area contributed by atoms with E-state index in [9.17, 15) is 4.79 Å². The van der Waals surface area contributed by atoms with E-state index in [2.05, 4.69) is 22.2 Å². The SMILES string of the molecule is CC.CCOC(=O)NCCN1CCN(C)CC1. The number of alkyl carbamates (subject to hydrolysis) is 1. The third-order valence-electron chi connectivity index (χ3n) is 2.57. The fourth-order valence-corrected chi connectivity index (χ4v) is 1.57. The number of amides is 1. The van der Waals surface area contributed by atoms with E-state index in [1.807, 2.05) is 13.8 Å². The van der Waals surface area contributed by atoms with Crippen LogP contribution in [0, 0.1) is 0 Å². The van der Waals surface area contributed by atoms with Crippen molar-refractivity contribution in [2.75, 3.05) is 52.9 Å². The van der Waals surface area contributed by atoms with E-state index in [1.165, 1.54) is 0 Å². The Morgan fingerprint density at radius 1 is 1.24 bits per heavy atom. The summed E-state index contributed by atoms with van der Waals surface area (Å²) in [6.45, 7) is 12.2. The van der Waals surface area contributed by atoms with Crippen LogP contribution in [0.2, 0.25) is 0 Å². The van der Waals surface area contributed by atoms with E-state index in [4.69, 9.17) is 4.74 Å². The molecule has 5 heteroatoms. The molecule has 17 heavy (non-hydrogen) atoms. The van der Waals surface area contributed by atoms with E-state index in [0.717, 1.165) is 32.7 Å². The first-order valence-electron chi connectivity index (χ1n) is 6.54. The molecule has 0 saturated carbocycles. The lowest BCUT2D eigenvalue weighted by molar-refractivity contribution is 0.140. The van der Waals surface area contributed by atoms with Gasteiger partial charge in [-0.15, -0.1) is 0 Å². The molecule has 0 unspecified atom stereocenters. The van der Waals surface area contributed by atoms with Crippen molar-refractivity contribution in [3.05, 3.63) is 0 Å². The summed E-state index contributed by atoms with van der Waals surface area (Å²) in [6.07, 6.45) is -0.313. The summed E-state index contributed by atoms with van der Waals surface area (Å²) in [5.74, 6) is 0. The number of ether oxygens (including phenoxy) is 1. The van der Waals surface area contributed by atoms with Crippen LogP contribution in [0.1, 0.15) is 20.8 Å². The molecule has 102 valence electrons. The number of hydrogen-bond donors (Lipinski definition) is 1. The summed E-state index contributed by atoms with van der Waals surface area (Å²) in [4.78, 5) is 15.6. The molecular formula is C12H27N3O2. The van der Waals surface area contributed by atoms with Crippen molar-refractivity contribution in [2.24, 2.45) is 0 Å². The second-order valence-electron chi connectivity index (χ2n) is 3.79. The van der Waals surface area contributed by atoms with Crippen molar-refractivity contribution in [1.82, 2.24) is 15.1 Å². The summed E-state index contributed by atoms with van der Waals surface area (Å²) in [6, 6.07) is 0. The summed E-state index contributed by atoms with van der Waals surface area (Å²) < 4.78 is 4.77. The maximum absolute atomic E-state index is 11.0. The van der Waals surface area contributed by atoms with Crippen LogP contribution in [0.25, 0.3) is 0 Å². The average Bonchev–Trinajstić information content (AvgIpc) is 2.35. The van der Waals surface area contributed by atoms with Crippen LogP contribution < -0.4 is 5.32 Å². The Morgan fingerprint density at radius 2 is 1.82 bits per heavy atom. The maximum Gasteiger partial charge on any atom is 0.407 e. The molecule has 1 rings (SSSR count). The van der Waals surface area contributed by atoms with Gasteiger partial charge in [-0.25, -0.2) is 4.79 Å². The monoisotopic (exact) mass is 245 g/mol. The molecule has 0 aromatic heterocycles. The maximum atomic E-state index is 11.0. The summed E-state index contributed by atoms with van der Waals surface area (Å²) in [5, 5.41) is 2.73. The Bertz CT molecular complexity index is 192. The molecule has 0 atom stereocenters. The highest BCUT2D eigenvalue weighted by Gasteiger charge is 2.13. The first-order valence-corrected chi connectivity index (χ1v) is 6.54. The van der Waals surface area contributed by atoms with Gasteiger partial charge in [-0.3, -0.25) is 4.90 Å². The minimum absolute atomic E-state index is 0.313. The van der Waals surface area contributed by atoms with Gasteiger partial charge in [0.25, 0.3) is 0 Å². The Labute approximate surface area is 105 Å². The normalized spacial score (nSPS) is 16.9. The number of carbonyl (C=O) groups excluding carboxylic acids is 1. The van der Waals surface area contributed by atoms with Gasteiger partial charge >= 0.3 is 6.09 Å². The van der Waals surface area contributed by atoms with Gasteiger partial charge in [0.2, 0.25) is 0 Å². The minimum atomic E-state index is -0.313. The molecule has 1 heterocycles. The highest BCUT2D eigenvalue weighted by Crippen LogP contribution is 1.97. The van der Waals surface area contributed by atoms with Crippen molar-refractivity contribution >= 4 is 6.09 Å². The third kappa shape index (κ3) is 7.99. The van der Waals surface area contributed by atoms with E-state index in [-0.39, 0.29) is 6.09 Å². The second kappa shape index (κ2) is 10.4. The zero-order chi connectivity index (χ0) is 13.1. The molecule has 1 fully saturated rings. The summed E-state index contributed by atoms with van der Waals surface area (Å²) in [5.41, 5.74) is 0. The van der Waals surface area contributed by atoms with Gasteiger partial charge in [0, 0.05) is 39.3 Å². The van der Waals surface area contributed by atoms with Crippen molar-refractivity contribution in [2.45, 2.75) is 20.8 Å². The molecule has 0 aliphatic carbocycles. The first kappa shape index (κ1) is 16.2. The standard InChI is InChI=1S/C10H21N3O2.C2H6/c1-3-15-10(14)11-4-5-13-8-6-12(2)7-9-13;1-2/h3-9H2,1-2H3,(H,11,14);1-2H3. The largest absolute Gasteiger partial charge is 0.450 e. The highest BCUT2D eigenvalue weighted by molar-refractivity contribution is 5.66. The fraction of sp³-hybridized carbons (Fsp3) is 0.917. The Morgan fingerprint density at radius 3 is 2.35 bits per heavy atom. The lowest BCUT2D eigenvalue weighted by Gasteiger charge is -2.32. The smallest absolute Gasteiger partial charge is 0.407 e. The van der Waals surface area contributed by atoms with Crippen LogP contribution in [-0.2, 0) is 4.74 Å². The van der Waals surface area contributed by atoms with Gasteiger partial charge in [-0.1, -0.05) is 13.8 Å². The molecule has 0 aromatic rings. The van der Waals surface area contributed by atoms with Crippen molar-refractivity contribution in [3.63, 3.8) is 0 Å². The quantitative estimate of drug-likeness (QED) is 0.803. The number of hydrogen-bond acceptors (Lipinski definition) is 4. The van der Waals surface area contributed by atoms with Gasteiger partial charge < -0.3 is 15.0 Å². The van der Waals surface area contributed by atoms with Gasteiger partial charge in [0.1, 0.15) is 0 Å². The van der Waals surface area contributed by atoms with Crippen molar-refractivity contribution < 1.29 is 9.53 Å². The van der Waals surface area contributed by atoms with Crippen LogP contribution in [0.4, 0.5) is 4.79 Å². The molecule has 1 aliphatic heterocycles. The zero-order valence-electron chi connectivity index (χ0n) is 11.7. The average molecular weight is 245 g/mol. The van der Waals surface area contributed by atoms with Crippen molar-refractivity contribution in [3.8, 4) is 0 Å². The Balaban J connectivity index is 0.00000121. The number of carbonyl (C=O) groups is 1. The number of likely N-dealkylation sites (N-methyl/N-ethyl adjacent to an activating group) is 1. The molecule has 0 aromatic carbocycles. The molecule has 0 radical (unpaired) electrons. The predicted molar refractivity (Wildman–Crippen MR) is 70.3 cm³/mol. The minimum Gasteiger partial charge on any atom is -0.450 e. The van der Waals surface area contributed by atoms with Gasteiger partial charge in [0.05, 0.1) is 6.61 Å². The van der Waals surface area contributed by atoms with Crippen LogP contribution in [0.5, 0.6) is 0 Å². The van der Waals surface area contributed by atoms with Crippen LogP contribution >= 0.6 is 0 Å². The molecule has 1 amide bonds. The molecular weight excluding hydrogens is 218 g/mol. The lowest BCUT2D eigenvalue weighted by atomic mass is 10.3. The van der Waals surface area contributed by atoms with Gasteiger partial charge in [0.15, 0.2) is 0 Å². The Hall–Kier alpha value is -0.810. The number of nitrogens with one attached hydrogen (secondary N) is 1. The number of rotatable bonds is 4. The van der Waals surface area contributed by atoms with Crippen molar-refractivity contribution in [1.29, 1.82) is 0 Å². The molecule has 0 bridgehead atoms. The van der Waals surface area contributed by atoms with Crippen LogP contribution in [0.15, 0.2) is 0 Å². The fourth-order valence-electron chi connectivity index (χ4n) is 1.57. The third-order valence-corrected chi connectivity index (χ3v) is 2.57. The predicted octanol–water partition coefficient (Wildman–Crippen LogP) is 1.01. The van der Waals surface area contributed by atoms with E-state index in [1.54, 1.807) is 6.92 Å². The van der Waals surface area contributed by atoms with Gasteiger partial charge in [-0.05, 0) is 14.0 Å². The van der Waals surface area contributed by atoms with Gasteiger partial charge in [-0.2, -0.15) is 0 Å². The Kier molecular flexibility index (Phi) is 9.86. The number of nitrogens with zero attached hydrogens (tertiary/aromatic N) is 2. The number of piperazine rings is 1. The molecule has 1 saturated heterocycles. The first-order chi connectivity index (χ1) is 8.22. The summed E-state index contributed by atoms with van der Waals surface area (Å²) in [7, 11) is 2.13.